The minimum Gasteiger partial charge on any atom is -0.444 e. The summed E-state index contributed by atoms with van der Waals surface area (Å²) in [4.78, 5) is 36.9. The van der Waals surface area contributed by atoms with Crippen molar-refractivity contribution in [3.8, 4) is 0 Å². The number of aryl methyl sites for hydroxylation is 1. The van der Waals surface area contributed by atoms with Crippen molar-refractivity contribution in [3.05, 3.63) is 39.4 Å². The number of hydrogen-bond acceptors (Lipinski definition) is 5. The molecule has 1 heterocycles. The summed E-state index contributed by atoms with van der Waals surface area (Å²) in [5, 5.41) is 13.9. The zero-order valence-electron chi connectivity index (χ0n) is 17.2. The van der Waals surface area contributed by atoms with E-state index in [4.69, 9.17) is 4.74 Å². The van der Waals surface area contributed by atoms with Gasteiger partial charge in [0, 0.05) is 36.8 Å². The first-order valence-corrected chi connectivity index (χ1v) is 9.52. The fourth-order valence-electron chi connectivity index (χ4n) is 3.28. The van der Waals surface area contributed by atoms with Crippen LogP contribution in [-0.4, -0.2) is 46.6 Å². The molecule has 0 aromatic heterocycles. The Morgan fingerprint density at radius 3 is 2.43 bits per heavy atom. The molecule has 1 atom stereocenters. The smallest absolute Gasteiger partial charge is 0.410 e. The molecular formula is C20H29N3O5. The molecule has 8 nitrogen and oxygen atoms in total. The molecule has 0 bridgehead atoms. The van der Waals surface area contributed by atoms with Crippen LogP contribution >= 0.6 is 0 Å². The van der Waals surface area contributed by atoms with E-state index in [1.165, 1.54) is 12.1 Å². The van der Waals surface area contributed by atoms with E-state index in [2.05, 4.69) is 5.32 Å². The second-order valence-electron chi connectivity index (χ2n) is 8.32. The standard InChI is InChI=1S/C20H29N3O5/c1-13-6-7-16(23(26)27)12-17(13)18(24)21-14(2)15-8-10-22(11-9-15)19(25)28-20(3,4)5/h6-7,12,14-15H,8-11H2,1-5H3,(H,21,24)/t14-/m1/s1. The molecule has 0 saturated carbocycles. The Kier molecular flexibility index (Phi) is 6.64. The van der Waals surface area contributed by atoms with Crippen LogP contribution in [0.4, 0.5) is 10.5 Å². The summed E-state index contributed by atoms with van der Waals surface area (Å²) in [6.07, 6.45) is 1.21. The molecule has 0 radical (unpaired) electrons. The summed E-state index contributed by atoms with van der Waals surface area (Å²) in [5.74, 6) is -0.0927. The molecule has 0 aliphatic carbocycles. The second kappa shape index (κ2) is 8.58. The molecule has 1 N–H and O–H groups in total. The lowest BCUT2D eigenvalue weighted by molar-refractivity contribution is -0.384. The Balaban J connectivity index is 1.93. The number of amides is 2. The van der Waals surface area contributed by atoms with Crippen LogP contribution in [0.15, 0.2) is 18.2 Å². The van der Waals surface area contributed by atoms with Crippen molar-refractivity contribution >= 4 is 17.7 Å². The van der Waals surface area contributed by atoms with Crippen molar-refractivity contribution in [1.82, 2.24) is 10.2 Å². The highest BCUT2D eigenvalue weighted by atomic mass is 16.6. The second-order valence-corrected chi connectivity index (χ2v) is 8.32. The zero-order chi connectivity index (χ0) is 21.1. The largest absolute Gasteiger partial charge is 0.444 e. The van der Waals surface area contributed by atoms with Gasteiger partial charge < -0.3 is 15.0 Å². The van der Waals surface area contributed by atoms with Gasteiger partial charge in [-0.1, -0.05) is 6.07 Å². The molecule has 1 aliphatic heterocycles. The first-order chi connectivity index (χ1) is 13.0. The van der Waals surface area contributed by atoms with Gasteiger partial charge in [-0.3, -0.25) is 14.9 Å². The number of ether oxygens (including phenoxy) is 1. The van der Waals surface area contributed by atoms with E-state index in [0.29, 0.717) is 24.2 Å². The normalized spacial score (nSPS) is 16.4. The molecule has 28 heavy (non-hydrogen) atoms. The highest BCUT2D eigenvalue weighted by molar-refractivity contribution is 5.96. The molecule has 2 rings (SSSR count). The molecule has 1 aliphatic rings. The summed E-state index contributed by atoms with van der Waals surface area (Å²) < 4.78 is 5.40. The van der Waals surface area contributed by atoms with E-state index >= 15 is 0 Å². The lowest BCUT2D eigenvalue weighted by atomic mass is 9.90. The SMILES string of the molecule is Cc1ccc([N+](=O)[O-])cc1C(=O)N[C@H](C)C1CCN(C(=O)OC(C)(C)C)CC1. The summed E-state index contributed by atoms with van der Waals surface area (Å²) in [5.41, 5.74) is 0.377. The predicted octanol–water partition coefficient (Wildman–Crippen LogP) is 3.67. The third-order valence-corrected chi connectivity index (χ3v) is 4.93. The Morgan fingerprint density at radius 1 is 1.29 bits per heavy atom. The van der Waals surface area contributed by atoms with Gasteiger partial charge in [0.1, 0.15) is 5.60 Å². The maximum Gasteiger partial charge on any atom is 0.410 e. The van der Waals surface area contributed by atoms with Crippen LogP contribution in [0.2, 0.25) is 0 Å². The zero-order valence-corrected chi connectivity index (χ0v) is 17.2. The number of benzene rings is 1. The third-order valence-electron chi connectivity index (χ3n) is 4.93. The fourth-order valence-corrected chi connectivity index (χ4v) is 3.28. The van der Waals surface area contributed by atoms with Gasteiger partial charge in [0.15, 0.2) is 0 Å². The van der Waals surface area contributed by atoms with E-state index in [0.717, 1.165) is 12.8 Å². The Bertz CT molecular complexity index is 749. The molecule has 1 fully saturated rings. The topological polar surface area (TPSA) is 102 Å². The number of nitrogens with one attached hydrogen (secondary N) is 1. The molecule has 8 heteroatoms. The van der Waals surface area contributed by atoms with Crippen molar-refractivity contribution < 1.29 is 19.2 Å². The highest BCUT2D eigenvalue weighted by Gasteiger charge is 2.30. The van der Waals surface area contributed by atoms with E-state index in [-0.39, 0.29) is 29.6 Å². The van der Waals surface area contributed by atoms with Gasteiger partial charge in [0.25, 0.3) is 11.6 Å². The van der Waals surface area contributed by atoms with Crippen LogP contribution < -0.4 is 5.32 Å². The number of likely N-dealkylation sites (tertiary alicyclic amines) is 1. The number of rotatable bonds is 4. The molecule has 1 aromatic carbocycles. The molecule has 1 saturated heterocycles. The van der Waals surface area contributed by atoms with Crippen molar-refractivity contribution in [3.63, 3.8) is 0 Å². The van der Waals surface area contributed by atoms with Gasteiger partial charge in [-0.15, -0.1) is 0 Å². The monoisotopic (exact) mass is 391 g/mol. The molecule has 0 unspecified atom stereocenters. The summed E-state index contributed by atoms with van der Waals surface area (Å²) in [6, 6.07) is 4.17. The first kappa shape index (κ1) is 21.7. The lowest BCUT2D eigenvalue weighted by Gasteiger charge is -2.36. The number of nitro benzene ring substituents is 1. The predicted molar refractivity (Wildman–Crippen MR) is 105 cm³/mol. The number of nitro groups is 1. The van der Waals surface area contributed by atoms with Crippen molar-refractivity contribution in [2.24, 2.45) is 5.92 Å². The molecule has 154 valence electrons. The third kappa shape index (κ3) is 5.68. The van der Waals surface area contributed by atoms with Gasteiger partial charge in [-0.25, -0.2) is 4.79 Å². The first-order valence-electron chi connectivity index (χ1n) is 9.52. The molecule has 1 aromatic rings. The number of non-ortho nitro benzene ring substituents is 1. The minimum absolute atomic E-state index is 0.103. The summed E-state index contributed by atoms with van der Waals surface area (Å²) >= 11 is 0. The Morgan fingerprint density at radius 2 is 1.89 bits per heavy atom. The van der Waals surface area contributed by atoms with Crippen LogP contribution in [0.1, 0.15) is 56.5 Å². The van der Waals surface area contributed by atoms with Gasteiger partial charge in [0.05, 0.1) is 4.92 Å². The Labute approximate surface area is 165 Å². The maximum absolute atomic E-state index is 12.6. The van der Waals surface area contributed by atoms with E-state index in [1.54, 1.807) is 17.9 Å². The van der Waals surface area contributed by atoms with Crippen molar-refractivity contribution in [2.45, 2.75) is 59.1 Å². The van der Waals surface area contributed by atoms with Crippen LogP contribution in [0.5, 0.6) is 0 Å². The van der Waals surface area contributed by atoms with E-state index in [9.17, 15) is 19.7 Å². The van der Waals surface area contributed by atoms with Crippen molar-refractivity contribution in [2.75, 3.05) is 13.1 Å². The number of carbonyl (C=O) groups excluding carboxylic acids is 2. The average Bonchev–Trinajstić information content (AvgIpc) is 2.60. The number of piperidine rings is 1. The van der Waals surface area contributed by atoms with Gasteiger partial charge >= 0.3 is 6.09 Å². The van der Waals surface area contributed by atoms with Crippen LogP contribution in [0.3, 0.4) is 0 Å². The fraction of sp³-hybridized carbons (Fsp3) is 0.600. The summed E-state index contributed by atoms with van der Waals surface area (Å²) in [6.45, 7) is 10.4. The maximum atomic E-state index is 12.6. The van der Waals surface area contributed by atoms with E-state index < -0.39 is 10.5 Å². The number of hydrogen-bond donors (Lipinski definition) is 1. The lowest BCUT2D eigenvalue weighted by Crippen LogP contribution is -2.46. The Hall–Kier alpha value is -2.64. The number of carbonyl (C=O) groups is 2. The minimum atomic E-state index is -0.522. The van der Waals surface area contributed by atoms with E-state index in [1.807, 2.05) is 27.7 Å². The molecule has 2 amide bonds. The molecular weight excluding hydrogens is 362 g/mol. The molecule has 0 spiro atoms. The summed E-state index contributed by atoms with van der Waals surface area (Å²) in [7, 11) is 0. The van der Waals surface area contributed by atoms with Crippen molar-refractivity contribution in [1.29, 1.82) is 0 Å². The van der Waals surface area contributed by atoms with Gasteiger partial charge in [-0.2, -0.15) is 0 Å². The average molecular weight is 391 g/mol. The van der Waals surface area contributed by atoms with Gasteiger partial charge in [-0.05, 0) is 58.9 Å². The van der Waals surface area contributed by atoms with Crippen LogP contribution in [0.25, 0.3) is 0 Å². The van der Waals surface area contributed by atoms with Crippen LogP contribution in [-0.2, 0) is 4.74 Å². The van der Waals surface area contributed by atoms with Crippen LogP contribution in [0, 0.1) is 23.0 Å². The quantitative estimate of drug-likeness (QED) is 0.623. The number of nitrogens with zero attached hydrogens (tertiary/aromatic N) is 2. The van der Waals surface area contributed by atoms with Gasteiger partial charge in [0.2, 0.25) is 0 Å². The highest BCUT2D eigenvalue weighted by Crippen LogP contribution is 2.23.